The molecular formula is C15H21N5O2. The third kappa shape index (κ3) is 2.52. The smallest absolute Gasteiger partial charge is 0.259 e. The van der Waals surface area contributed by atoms with Crippen molar-refractivity contribution < 1.29 is 9.32 Å². The van der Waals surface area contributed by atoms with Gasteiger partial charge >= 0.3 is 0 Å². The van der Waals surface area contributed by atoms with Crippen molar-refractivity contribution in [2.75, 3.05) is 26.7 Å². The number of piperazine rings is 1. The van der Waals surface area contributed by atoms with E-state index in [1.54, 1.807) is 6.20 Å². The summed E-state index contributed by atoms with van der Waals surface area (Å²) in [6.45, 7) is 5.89. The second-order valence-corrected chi connectivity index (χ2v) is 5.64. The van der Waals surface area contributed by atoms with E-state index < -0.39 is 0 Å². The molecule has 3 rings (SSSR count). The fraction of sp³-hybridized carbons (Fsp3) is 0.533. The molecule has 1 fully saturated rings. The monoisotopic (exact) mass is 303 g/mol. The lowest BCUT2D eigenvalue weighted by molar-refractivity contribution is 0.0532. The number of amides is 1. The number of nitrogens with one attached hydrogen (secondary N) is 1. The van der Waals surface area contributed by atoms with Gasteiger partial charge < -0.3 is 14.4 Å². The molecule has 1 saturated heterocycles. The van der Waals surface area contributed by atoms with Crippen molar-refractivity contribution >= 4 is 5.91 Å². The fourth-order valence-corrected chi connectivity index (χ4v) is 2.90. The van der Waals surface area contributed by atoms with E-state index in [0.717, 1.165) is 12.4 Å². The van der Waals surface area contributed by atoms with Crippen molar-refractivity contribution in [1.82, 2.24) is 24.9 Å². The van der Waals surface area contributed by atoms with Gasteiger partial charge in [0, 0.05) is 38.4 Å². The van der Waals surface area contributed by atoms with Crippen LogP contribution in [0.2, 0.25) is 0 Å². The van der Waals surface area contributed by atoms with E-state index in [1.807, 2.05) is 24.9 Å². The Labute approximate surface area is 129 Å². The van der Waals surface area contributed by atoms with Gasteiger partial charge in [-0.2, -0.15) is 0 Å². The molecule has 0 aliphatic carbocycles. The first-order valence-corrected chi connectivity index (χ1v) is 7.55. The van der Waals surface area contributed by atoms with Gasteiger partial charge in [0.15, 0.2) is 0 Å². The second-order valence-electron chi connectivity index (χ2n) is 5.64. The highest BCUT2D eigenvalue weighted by atomic mass is 16.5. The van der Waals surface area contributed by atoms with Gasteiger partial charge in [0.1, 0.15) is 17.1 Å². The number of aromatic nitrogens is 3. The summed E-state index contributed by atoms with van der Waals surface area (Å²) in [7, 11) is 2.05. The molecule has 1 amide bonds. The lowest BCUT2D eigenvalue weighted by Crippen LogP contribution is -2.49. The molecule has 0 spiro atoms. The highest BCUT2D eigenvalue weighted by Gasteiger charge is 2.32. The van der Waals surface area contributed by atoms with Crippen LogP contribution in [0.1, 0.15) is 40.6 Å². The molecule has 0 saturated carbocycles. The number of carbonyl (C=O) groups is 1. The lowest BCUT2D eigenvalue weighted by Gasteiger charge is -2.38. The highest BCUT2D eigenvalue weighted by molar-refractivity contribution is 5.96. The summed E-state index contributed by atoms with van der Waals surface area (Å²) < 4.78 is 5.25. The number of carbonyl (C=O) groups excluding carboxylic acids is 1. The molecule has 118 valence electrons. The number of hydrogen-bond donors (Lipinski definition) is 1. The summed E-state index contributed by atoms with van der Waals surface area (Å²) in [5.41, 5.74) is 1.28. The number of nitrogens with zero attached hydrogens (tertiary/aromatic N) is 4. The van der Waals surface area contributed by atoms with Crippen LogP contribution >= 0.6 is 0 Å². The molecule has 0 radical (unpaired) electrons. The first-order valence-electron chi connectivity index (χ1n) is 7.55. The topological polar surface area (TPSA) is 78.3 Å². The largest absolute Gasteiger partial charge is 0.360 e. The van der Waals surface area contributed by atoms with Gasteiger partial charge in [-0.25, -0.2) is 4.98 Å². The maximum atomic E-state index is 12.9. The number of aryl methyl sites for hydroxylation is 2. The van der Waals surface area contributed by atoms with Crippen LogP contribution in [-0.2, 0) is 6.42 Å². The zero-order valence-electron chi connectivity index (χ0n) is 13.2. The molecule has 22 heavy (non-hydrogen) atoms. The maximum absolute atomic E-state index is 12.9. The number of hydrogen-bond acceptors (Lipinski definition) is 5. The minimum Gasteiger partial charge on any atom is -0.360 e. The Morgan fingerprint density at radius 3 is 3.00 bits per heavy atom. The van der Waals surface area contributed by atoms with Crippen LogP contribution in [0.3, 0.4) is 0 Å². The molecule has 1 N–H and O–H groups in total. The predicted molar refractivity (Wildman–Crippen MR) is 80.5 cm³/mol. The van der Waals surface area contributed by atoms with Crippen LogP contribution in [0.4, 0.5) is 0 Å². The molecule has 1 aliphatic heterocycles. The van der Waals surface area contributed by atoms with E-state index in [-0.39, 0.29) is 11.9 Å². The van der Waals surface area contributed by atoms with Crippen molar-refractivity contribution in [2.24, 2.45) is 0 Å². The predicted octanol–water partition coefficient (Wildman–Crippen LogP) is 1.40. The lowest BCUT2D eigenvalue weighted by atomic mass is 10.1. The Hall–Kier alpha value is -2.15. The third-order valence-corrected chi connectivity index (χ3v) is 4.24. The number of H-pyrrole nitrogens is 1. The van der Waals surface area contributed by atoms with Crippen LogP contribution in [0.15, 0.2) is 16.9 Å². The molecule has 0 aromatic carbocycles. The van der Waals surface area contributed by atoms with E-state index in [4.69, 9.17) is 4.52 Å². The third-order valence-electron chi connectivity index (χ3n) is 4.24. The van der Waals surface area contributed by atoms with Crippen LogP contribution < -0.4 is 0 Å². The minimum absolute atomic E-state index is 0.000237. The van der Waals surface area contributed by atoms with E-state index in [2.05, 4.69) is 27.1 Å². The van der Waals surface area contributed by atoms with Crippen molar-refractivity contribution in [3.05, 3.63) is 35.2 Å². The van der Waals surface area contributed by atoms with E-state index >= 15 is 0 Å². The molecule has 1 aliphatic rings. The van der Waals surface area contributed by atoms with Crippen molar-refractivity contribution in [2.45, 2.75) is 26.3 Å². The van der Waals surface area contributed by atoms with Crippen LogP contribution in [0.5, 0.6) is 0 Å². The van der Waals surface area contributed by atoms with Gasteiger partial charge in [0.2, 0.25) is 0 Å². The SMILES string of the molecule is CCc1onc(C)c1C(=O)N1CCN(C)[C@H](c2ncc[nH]2)C1. The van der Waals surface area contributed by atoms with Crippen LogP contribution in [0.25, 0.3) is 0 Å². The number of rotatable bonds is 3. The van der Waals surface area contributed by atoms with Gasteiger partial charge in [-0.1, -0.05) is 12.1 Å². The molecule has 3 heterocycles. The summed E-state index contributed by atoms with van der Waals surface area (Å²) in [4.78, 5) is 24.4. The molecule has 0 unspecified atom stereocenters. The summed E-state index contributed by atoms with van der Waals surface area (Å²) in [5.74, 6) is 1.55. The molecule has 7 nitrogen and oxygen atoms in total. The second kappa shape index (κ2) is 5.92. The molecule has 1 atom stereocenters. The number of likely N-dealkylation sites (N-methyl/N-ethyl adjacent to an activating group) is 1. The molecular weight excluding hydrogens is 282 g/mol. The zero-order valence-corrected chi connectivity index (χ0v) is 13.2. The Morgan fingerprint density at radius 2 is 2.32 bits per heavy atom. The average Bonchev–Trinajstić information content (AvgIpc) is 3.16. The Morgan fingerprint density at radius 1 is 1.50 bits per heavy atom. The normalized spacial score (nSPS) is 19.6. The Balaban J connectivity index is 1.83. The minimum atomic E-state index is 0.000237. The van der Waals surface area contributed by atoms with Crippen molar-refractivity contribution in [3.63, 3.8) is 0 Å². The number of imidazole rings is 1. The molecule has 2 aromatic heterocycles. The fourth-order valence-electron chi connectivity index (χ4n) is 2.90. The standard InChI is InChI=1S/C15H21N5O2/c1-4-12-13(10(2)18-22-12)15(21)20-8-7-19(3)11(9-20)14-16-5-6-17-14/h5-6,11H,4,7-9H2,1-3H3,(H,16,17)/t11-/m0/s1. The van der Waals surface area contributed by atoms with Crippen molar-refractivity contribution in [1.29, 1.82) is 0 Å². The summed E-state index contributed by atoms with van der Waals surface area (Å²) in [6.07, 6.45) is 4.21. The highest BCUT2D eigenvalue weighted by Crippen LogP contribution is 2.24. The van der Waals surface area contributed by atoms with E-state index in [1.165, 1.54) is 0 Å². The van der Waals surface area contributed by atoms with Gasteiger partial charge in [-0.05, 0) is 14.0 Å². The number of aromatic amines is 1. The first kappa shape index (κ1) is 14.8. The quantitative estimate of drug-likeness (QED) is 0.927. The van der Waals surface area contributed by atoms with E-state index in [0.29, 0.717) is 36.5 Å². The molecule has 7 heteroatoms. The van der Waals surface area contributed by atoms with Crippen LogP contribution in [0, 0.1) is 6.92 Å². The zero-order chi connectivity index (χ0) is 15.7. The van der Waals surface area contributed by atoms with E-state index in [9.17, 15) is 4.79 Å². The van der Waals surface area contributed by atoms with Gasteiger partial charge in [-0.3, -0.25) is 9.69 Å². The summed E-state index contributed by atoms with van der Waals surface area (Å²) >= 11 is 0. The maximum Gasteiger partial charge on any atom is 0.259 e. The summed E-state index contributed by atoms with van der Waals surface area (Å²) in [6, 6.07) is 0.0814. The van der Waals surface area contributed by atoms with Gasteiger partial charge in [-0.15, -0.1) is 0 Å². The Bertz CT molecular complexity index is 649. The summed E-state index contributed by atoms with van der Waals surface area (Å²) in [5, 5.41) is 3.94. The average molecular weight is 303 g/mol. The van der Waals surface area contributed by atoms with Crippen LogP contribution in [-0.4, -0.2) is 57.5 Å². The first-order chi connectivity index (χ1) is 10.6. The van der Waals surface area contributed by atoms with Gasteiger partial charge in [0.25, 0.3) is 5.91 Å². The Kier molecular flexibility index (Phi) is 3.98. The molecule has 0 bridgehead atoms. The van der Waals surface area contributed by atoms with Gasteiger partial charge in [0.05, 0.1) is 11.7 Å². The molecule has 2 aromatic rings. The van der Waals surface area contributed by atoms with Crippen molar-refractivity contribution in [3.8, 4) is 0 Å².